The maximum atomic E-state index is 12.2. The van der Waals surface area contributed by atoms with E-state index in [1.54, 1.807) is 48.9 Å². The number of benzene rings is 1. The predicted molar refractivity (Wildman–Crippen MR) is 95.2 cm³/mol. The van der Waals surface area contributed by atoms with Gasteiger partial charge in [0.2, 0.25) is 0 Å². The van der Waals surface area contributed by atoms with Crippen molar-refractivity contribution >= 4 is 28.9 Å². The molecule has 6 heteroatoms. The molecule has 0 aliphatic heterocycles. The van der Waals surface area contributed by atoms with Gasteiger partial charge >= 0.3 is 0 Å². The second-order valence-corrected chi connectivity index (χ2v) is 5.55. The van der Waals surface area contributed by atoms with Crippen LogP contribution in [0.3, 0.4) is 0 Å². The lowest BCUT2D eigenvalue weighted by Crippen LogP contribution is -2.13. The van der Waals surface area contributed by atoms with Crippen LogP contribution in [0.1, 0.15) is 16.1 Å². The lowest BCUT2D eigenvalue weighted by atomic mass is 10.2. The molecule has 3 aromatic rings. The van der Waals surface area contributed by atoms with Gasteiger partial charge in [-0.3, -0.25) is 9.78 Å². The summed E-state index contributed by atoms with van der Waals surface area (Å²) < 4.78 is 0. The molecule has 0 radical (unpaired) electrons. The summed E-state index contributed by atoms with van der Waals surface area (Å²) in [5.41, 5.74) is 2.87. The highest BCUT2D eigenvalue weighted by molar-refractivity contribution is 6.30. The number of halogens is 1. The number of hydrogen-bond acceptors (Lipinski definition) is 4. The smallest absolute Gasteiger partial charge is 0.274 e. The van der Waals surface area contributed by atoms with Gasteiger partial charge in [-0.05, 0) is 42.0 Å². The van der Waals surface area contributed by atoms with Crippen molar-refractivity contribution in [3.05, 3.63) is 83.4 Å². The van der Waals surface area contributed by atoms with Crippen molar-refractivity contribution in [3.63, 3.8) is 0 Å². The Hall–Kier alpha value is -2.92. The Bertz CT molecular complexity index is 822. The number of carbonyl (C=O) groups is 1. The Morgan fingerprint density at radius 1 is 1.04 bits per heavy atom. The second-order valence-electron chi connectivity index (χ2n) is 5.11. The van der Waals surface area contributed by atoms with E-state index < -0.39 is 0 Å². The van der Waals surface area contributed by atoms with E-state index in [1.165, 1.54) is 0 Å². The van der Waals surface area contributed by atoms with Crippen molar-refractivity contribution in [2.45, 2.75) is 6.54 Å². The fourth-order valence-electron chi connectivity index (χ4n) is 2.10. The fraction of sp³-hybridized carbons (Fsp3) is 0.0556. The summed E-state index contributed by atoms with van der Waals surface area (Å²) in [6, 6.07) is 14.3. The highest BCUT2D eigenvalue weighted by Gasteiger charge is 2.08. The fourth-order valence-corrected chi connectivity index (χ4v) is 2.29. The average Bonchev–Trinajstić information content (AvgIpc) is 2.61. The zero-order chi connectivity index (χ0) is 16.8. The zero-order valence-electron chi connectivity index (χ0n) is 12.7. The lowest BCUT2D eigenvalue weighted by Gasteiger charge is -2.08. The van der Waals surface area contributed by atoms with Crippen molar-refractivity contribution in [2.24, 2.45) is 0 Å². The number of pyridine rings is 2. The van der Waals surface area contributed by atoms with Gasteiger partial charge < -0.3 is 10.6 Å². The van der Waals surface area contributed by atoms with Gasteiger partial charge in [0.1, 0.15) is 5.69 Å². The zero-order valence-corrected chi connectivity index (χ0v) is 13.5. The Morgan fingerprint density at radius 2 is 1.96 bits per heavy atom. The number of anilines is 2. The van der Waals surface area contributed by atoms with Gasteiger partial charge in [-0.25, -0.2) is 4.98 Å². The number of amides is 1. The Balaban J connectivity index is 1.60. The Kier molecular flexibility index (Phi) is 5.03. The number of carbonyl (C=O) groups excluding carboxylic acids is 1. The van der Waals surface area contributed by atoms with Crippen molar-refractivity contribution < 1.29 is 4.79 Å². The van der Waals surface area contributed by atoms with Crippen LogP contribution in [0.25, 0.3) is 0 Å². The summed E-state index contributed by atoms with van der Waals surface area (Å²) in [6.07, 6.45) is 5.16. The van der Waals surface area contributed by atoms with Gasteiger partial charge in [-0.2, -0.15) is 0 Å². The van der Waals surface area contributed by atoms with E-state index in [-0.39, 0.29) is 5.91 Å². The van der Waals surface area contributed by atoms with E-state index in [9.17, 15) is 4.79 Å². The highest BCUT2D eigenvalue weighted by Crippen LogP contribution is 2.16. The van der Waals surface area contributed by atoms with Gasteiger partial charge in [0.15, 0.2) is 0 Å². The number of hydrogen-bond donors (Lipinski definition) is 2. The third-order valence-corrected chi connectivity index (χ3v) is 3.53. The van der Waals surface area contributed by atoms with Crippen LogP contribution in [0.5, 0.6) is 0 Å². The molecule has 0 unspecified atom stereocenters. The van der Waals surface area contributed by atoms with E-state index in [0.29, 0.717) is 22.9 Å². The van der Waals surface area contributed by atoms with Gasteiger partial charge in [0.25, 0.3) is 5.91 Å². The molecular weight excluding hydrogens is 324 g/mol. The second kappa shape index (κ2) is 7.57. The maximum Gasteiger partial charge on any atom is 0.274 e. The Labute approximate surface area is 144 Å². The van der Waals surface area contributed by atoms with Crippen LogP contribution in [-0.2, 0) is 6.54 Å². The summed E-state index contributed by atoms with van der Waals surface area (Å²) >= 11 is 5.90. The minimum Gasteiger partial charge on any atom is -0.380 e. The van der Waals surface area contributed by atoms with Crippen molar-refractivity contribution in [2.75, 3.05) is 10.6 Å². The maximum absolute atomic E-state index is 12.2. The number of nitrogens with one attached hydrogen (secondary N) is 2. The number of rotatable bonds is 5. The van der Waals surface area contributed by atoms with E-state index in [1.807, 2.05) is 18.2 Å². The summed E-state index contributed by atoms with van der Waals surface area (Å²) in [4.78, 5) is 20.4. The van der Waals surface area contributed by atoms with Crippen molar-refractivity contribution in [1.29, 1.82) is 0 Å². The minimum absolute atomic E-state index is 0.281. The molecule has 3 rings (SSSR count). The molecule has 0 saturated carbocycles. The average molecular weight is 339 g/mol. The van der Waals surface area contributed by atoms with Crippen molar-refractivity contribution in [3.8, 4) is 0 Å². The monoisotopic (exact) mass is 338 g/mol. The molecule has 2 heterocycles. The van der Waals surface area contributed by atoms with Crippen LogP contribution in [0, 0.1) is 0 Å². The molecule has 2 aromatic heterocycles. The number of aromatic nitrogens is 2. The van der Waals surface area contributed by atoms with Crippen molar-refractivity contribution in [1.82, 2.24) is 9.97 Å². The largest absolute Gasteiger partial charge is 0.380 e. The standard InChI is InChI=1S/C18H15ClN4O/c19-14-4-1-5-15(9-14)23-18(24)17-7-6-16(12-22-17)21-11-13-3-2-8-20-10-13/h1-10,12,21H,11H2,(H,23,24). The molecule has 1 aromatic carbocycles. The molecule has 0 bridgehead atoms. The van der Waals surface area contributed by atoms with E-state index >= 15 is 0 Å². The number of nitrogens with zero attached hydrogens (tertiary/aromatic N) is 2. The molecule has 0 saturated heterocycles. The molecule has 1 amide bonds. The molecule has 120 valence electrons. The minimum atomic E-state index is -0.281. The summed E-state index contributed by atoms with van der Waals surface area (Å²) in [5, 5.41) is 6.56. The third kappa shape index (κ3) is 4.30. The van der Waals surface area contributed by atoms with Gasteiger partial charge in [0, 0.05) is 29.6 Å². The van der Waals surface area contributed by atoms with Gasteiger partial charge in [0.05, 0.1) is 11.9 Å². The molecule has 2 N–H and O–H groups in total. The first-order valence-corrected chi connectivity index (χ1v) is 7.74. The topological polar surface area (TPSA) is 66.9 Å². The van der Waals surface area contributed by atoms with Gasteiger partial charge in [-0.15, -0.1) is 0 Å². The van der Waals surface area contributed by atoms with E-state index in [4.69, 9.17) is 11.6 Å². The van der Waals surface area contributed by atoms with Crippen LogP contribution in [0.2, 0.25) is 5.02 Å². The first-order chi connectivity index (χ1) is 11.7. The summed E-state index contributed by atoms with van der Waals surface area (Å²) in [5.74, 6) is -0.281. The van der Waals surface area contributed by atoms with E-state index in [0.717, 1.165) is 11.3 Å². The molecule has 0 aliphatic carbocycles. The highest BCUT2D eigenvalue weighted by atomic mass is 35.5. The third-order valence-electron chi connectivity index (χ3n) is 3.30. The quantitative estimate of drug-likeness (QED) is 0.738. The van der Waals surface area contributed by atoms with E-state index in [2.05, 4.69) is 20.6 Å². The summed E-state index contributed by atoms with van der Waals surface area (Å²) in [7, 11) is 0. The first-order valence-electron chi connectivity index (χ1n) is 7.36. The molecule has 0 spiro atoms. The molecule has 5 nitrogen and oxygen atoms in total. The normalized spacial score (nSPS) is 10.2. The van der Waals surface area contributed by atoms with Gasteiger partial charge in [-0.1, -0.05) is 23.7 Å². The van der Waals surface area contributed by atoms with Crippen LogP contribution < -0.4 is 10.6 Å². The summed E-state index contributed by atoms with van der Waals surface area (Å²) in [6.45, 7) is 0.642. The molecule has 24 heavy (non-hydrogen) atoms. The molecule has 0 fully saturated rings. The lowest BCUT2D eigenvalue weighted by molar-refractivity contribution is 0.102. The molecular formula is C18H15ClN4O. The van der Waals surface area contributed by atoms with Crippen LogP contribution >= 0.6 is 11.6 Å². The van der Waals surface area contributed by atoms with Crippen LogP contribution in [0.4, 0.5) is 11.4 Å². The SMILES string of the molecule is O=C(Nc1cccc(Cl)c1)c1ccc(NCc2cccnc2)cn1. The predicted octanol–water partition coefficient (Wildman–Crippen LogP) is 3.99. The first kappa shape index (κ1) is 16.0. The van der Waals surface area contributed by atoms with Crippen LogP contribution in [0.15, 0.2) is 67.1 Å². The van der Waals surface area contributed by atoms with Crippen LogP contribution in [-0.4, -0.2) is 15.9 Å². The molecule has 0 aliphatic rings. The Morgan fingerprint density at radius 3 is 2.67 bits per heavy atom. The molecule has 0 atom stereocenters.